The molecule has 2 aromatic rings. The summed E-state index contributed by atoms with van der Waals surface area (Å²) in [4.78, 5) is 11.8. The molecule has 3 N–H and O–H groups in total. The molecule has 0 aliphatic rings. The number of nitrogens with zero attached hydrogens (tertiary/aromatic N) is 2. The van der Waals surface area contributed by atoms with E-state index in [1.807, 2.05) is 51.1 Å². The molecule has 124 valence electrons. The van der Waals surface area contributed by atoms with Crippen LogP contribution in [0.25, 0.3) is 5.69 Å². The van der Waals surface area contributed by atoms with Crippen LogP contribution in [0.3, 0.4) is 0 Å². The van der Waals surface area contributed by atoms with Crippen LogP contribution in [-0.4, -0.2) is 33.6 Å². The molecular formula is C17H24N4O2. The number of carbonyl (C=O) groups is 1. The number of aliphatic hydroxyl groups excluding tert-OH is 1. The van der Waals surface area contributed by atoms with E-state index in [1.165, 1.54) is 5.56 Å². The van der Waals surface area contributed by atoms with E-state index in [1.54, 1.807) is 4.68 Å². The van der Waals surface area contributed by atoms with Crippen molar-refractivity contribution >= 4 is 11.8 Å². The van der Waals surface area contributed by atoms with Crippen molar-refractivity contribution in [3.8, 4) is 5.69 Å². The number of benzene rings is 1. The van der Waals surface area contributed by atoms with Crippen LogP contribution in [-0.2, 0) is 0 Å². The van der Waals surface area contributed by atoms with Crippen LogP contribution in [0.15, 0.2) is 30.3 Å². The Hall–Kier alpha value is -2.34. The first-order valence-corrected chi connectivity index (χ1v) is 7.86. The van der Waals surface area contributed by atoms with Gasteiger partial charge in [0.1, 0.15) is 0 Å². The molecule has 2 rings (SSSR count). The predicted molar refractivity (Wildman–Crippen MR) is 91.0 cm³/mol. The molecule has 0 bridgehead atoms. The molecule has 0 fully saturated rings. The molecule has 1 atom stereocenters. The molecule has 23 heavy (non-hydrogen) atoms. The lowest BCUT2D eigenvalue weighted by atomic mass is 10.2. The van der Waals surface area contributed by atoms with Crippen LogP contribution >= 0.6 is 0 Å². The van der Waals surface area contributed by atoms with E-state index in [2.05, 4.69) is 15.7 Å². The number of nitrogens with one attached hydrogen (secondary N) is 2. The van der Waals surface area contributed by atoms with Crippen LogP contribution in [0.2, 0.25) is 0 Å². The van der Waals surface area contributed by atoms with E-state index >= 15 is 0 Å². The third kappa shape index (κ3) is 4.82. The van der Waals surface area contributed by atoms with E-state index in [4.69, 9.17) is 0 Å². The van der Waals surface area contributed by atoms with E-state index < -0.39 is 0 Å². The number of aryl methyl sites for hydroxylation is 2. The number of rotatable bonds is 6. The fourth-order valence-electron chi connectivity index (χ4n) is 2.20. The SMILES string of the molecule is CCC(O)CCNC(=O)Nc1cc(C)n(-c2ccc(C)cc2)n1. The molecule has 1 unspecified atom stereocenters. The highest BCUT2D eigenvalue weighted by Crippen LogP contribution is 2.15. The van der Waals surface area contributed by atoms with Gasteiger partial charge in [0.25, 0.3) is 0 Å². The fourth-order valence-corrected chi connectivity index (χ4v) is 2.20. The topological polar surface area (TPSA) is 79.2 Å². The average Bonchev–Trinajstić information content (AvgIpc) is 2.88. The zero-order valence-corrected chi connectivity index (χ0v) is 13.8. The molecule has 0 spiro atoms. The minimum absolute atomic E-state index is 0.318. The van der Waals surface area contributed by atoms with Crippen LogP contribution < -0.4 is 10.6 Å². The minimum Gasteiger partial charge on any atom is -0.393 e. The Morgan fingerprint density at radius 2 is 2.00 bits per heavy atom. The monoisotopic (exact) mass is 316 g/mol. The summed E-state index contributed by atoms with van der Waals surface area (Å²) >= 11 is 0. The van der Waals surface area contributed by atoms with Crippen molar-refractivity contribution in [3.05, 3.63) is 41.6 Å². The van der Waals surface area contributed by atoms with Crippen molar-refractivity contribution in [2.24, 2.45) is 0 Å². The molecule has 0 saturated carbocycles. The predicted octanol–water partition coefficient (Wildman–Crippen LogP) is 2.77. The van der Waals surface area contributed by atoms with Crippen LogP contribution in [0.1, 0.15) is 31.0 Å². The van der Waals surface area contributed by atoms with Crippen molar-refractivity contribution in [1.82, 2.24) is 15.1 Å². The van der Waals surface area contributed by atoms with Gasteiger partial charge >= 0.3 is 6.03 Å². The minimum atomic E-state index is -0.377. The highest BCUT2D eigenvalue weighted by molar-refractivity contribution is 5.88. The molecule has 1 aromatic heterocycles. The number of urea groups is 1. The maximum atomic E-state index is 11.8. The third-order valence-corrected chi connectivity index (χ3v) is 3.64. The Bertz CT molecular complexity index is 649. The van der Waals surface area contributed by atoms with Crippen molar-refractivity contribution in [3.63, 3.8) is 0 Å². The van der Waals surface area contributed by atoms with Crippen molar-refractivity contribution in [2.45, 2.75) is 39.7 Å². The van der Waals surface area contributed by atoms with Crippen molar-refractivity contribution in [1.29, 1.82) is 0 Å². The lowest BCUT2D eigenvalue weighted by molar-refractivity contribution is 0.160. The molecule has 0 saturated heterocycles. The summed E-state index contributed by atoms with van der Waals surface area (Å²) in [6, 6.07) is 9.53. The lowest BCUT2D eigenvalue weighted by Gasteiger charge is -2.09. The maximum absolute atomic E-state index is 11.8. The molecule has 0 aliphatic heterocycles. The molecule has 1 heterocycles. The summed E-state index contributed by atoms with van der Waals surface area (Å²) in [6.07, 6.45) is 0.850. The fraction of sp³-hybridized carbons (Fsp3) is 0.412. The smallest absolute Gasteiger partial charge is 0.320 e. The molecule has 6 heteroatoms. The van der Waals surface area contributed by atoms with Crippen molar-refractivity contribution < 1.29 is 9.90 Å². The molecule has 2 amide bonds. The lowest BCUT2D eigenvalue weighted by Crippen LogP contribution is -2.31. The zero-order chi connectivity index (χ0) is 16.8. The van der Waals surface area contributed by atoms with Gasteiger partial charge in [-0.15, -0.1) is 5.10 Å². The second-order valence-corrected chi connectivity index (χ2v) is 5.65. The zero-order valence-electron chi connectivity index (χ0n) is 13.8. The summed E-state index contributed by atoms with van der Waals surface area (Å²) in [7, 11) is 0. The van der Waals surface area contributed by atoms with Gasteiger partial charge in [-0.25, -0.2) is 9.48 Å². The Kier molecular flexibility index (Phi) is 5.76. The second-order valence-electron chi connectivity index (χ2n) is 5.65. The first-order chi connectivity index (χ1) is 11.0. The number of hydrogen-bond donors (Lipinski definition) is 3. The number of hydrogen-bond acceptors (Lipinski definition) is 3. The highest BCUT2D eigenvalue weighted by Gasteiger charge is 2.09. The van der Waals surface area contributed by atoms with Gasteiger partial charge in [-0.2, -0.15) is 0 Å². The summed E-state index contributed by atoms with van der Waals surface area (Å²) < 4.78 is 1.79. The molecule has 0 radical (unpaired) electrons. The van der Waals surface area contributed by atoms with Gasteiger partial charge < -0.3 is 10.4 Å². The standard InChI is InChI=1S/C17H24N4O2/c1-4-15(22)9-10-18-17(23)19-16-11-13(3)21(20-16)14-7-5-12(2)6-8-14/h5-8,11,15,22H,4,9-10H2,1-3H3,(H2,18,19,20,23). The third-order valence-electron chi connectivity index (χ3n) is 3.64. The molecule has 6 nitrogen and oxygen atoms in total. The Morgan fingerprint density at radius 1 is 1.30 bits per heavy atom. The van der Waals surface area contributed by atoms with Gasteiger partial charge in [-0.3, -0.25) is 5.32 Å². The summed E-state index contributed by atoms with van der Waals surface area (Å²) in [6.45, 7) is 6.31. The number of anilines is 1. The van der Waals surface area contributed by atoms with Crippen LogP contribution in [0, 0.1) is 13.8 Å². The number of aromatic nitrogens is 2. The van der Waals surface area contributed by atoms with E-state index in [0.29, 0.717) is 25.2 Å². The van der Waals surface area contributed by atoms with Gasteiger partial charge in [-0.05, 0) is 38.8 Å². The Labute approximate surface area is 136 Å². The van der Waals surface area contributed by atoms with E-state index in [0.717, 1.165) is 11.4 Å². The van der Waals surface area contributed by atoms with Crippen LogP contribution in [0.5, 0.6) is 0 Å². The largest absolute Gasteiger partial charge is 0.393 e. The van der Waals surface area contributed by atoms with Gasteiger partial charge in [0.15, 0.2) is 5.82 Å². The second kappa shape index (κ2) is 7.78. The summed E-state index contributed by atoms with van der Waals surface area (Å²) in [5, 5.41) is 19.3. The first kappa shape index (κ1) is 17.0. The normalized spacial score (nSPS) is 12.0. The molecule has 1 aromatic carbocycles. The molecule has 0 aliphatic carbocycles. The van der Waals surface area contributed by atoms with Crippen LogP contribution in [0.4, 0.5) is 10.6 Å². The summed E-state index contributed by atoms with van der Waals surface area (Å²) in [5.41, 5.74) is 3.07. The number of aliphatic hydroxyl groups is 1. The number of carbonyl (C=O) groups excluding carboxylic acids is 1. The Balaban J connectivity index is 1.95. The Morgan fingerprint density at radius 3 is 2.65 bits per heavy atom. The average molecular weight is 316 g/mol. The van der Waals surface area contributed by atoms with E-state index in [9.17, 15) is 9.90 Å². The van der Waals surface area contributed by atoms with Gasteiger partial charge in [0, 0.05) is 18.3 Å². The maximum Gasteiger partial charge on any atom is 0.320 e. The van der Waals surface area contributed by atoms with Crippen molar-refractivity contribution in [2.75, 3.05) is 11.9 Å². The highest BCUT2D eigenvalue weighted by atomic mass is 16.3. The number of amides is 2. The summed E-state index contributed by atoms with van der Waals surface area (Å²) in [5.74, 6) is 0.497. The first-order valence-electron chi connectivity index (χ1n) is 7.86. The van der Waals surface area contributed by atoms with Gasteiger partial charge in [0.05, 0.1) is 11.8 Å². The molecular weight excluding hydrogens is 292 g/mol. The quantitative estimate of drug-likeness (QED) is 0.766. The van der Waals surface area contributed by atoms with E-state index in [-0.39, 0.29) is 12.1 Å². The van der Waals surface area contributed by atoms with Gasteiger partial charge in [-0.1, -0.05) is 24.6 Å². The van der Waals surface area contributed by atoms with Gasteiger partial charge in [0.2, 0.25) is 0 Å².